The van der Waals surface area contributed by atoms with Crippen LogP contribution in [0.15, 0.2) is 0 Å². The van der Waals surface area contributed by atoms with Crippen LogP contribution in [-0.2, 0) is 14.3 Å². The minimum Gasteiger partial charge on any atom is -0.466 e. The van der Waals surface area contributed by atoms with Gasteiger partial charge in [0, 0.05) is 13.1 Å². The predicted octanol–water partition coefficient (Wildman–Crippen LogP) is 1.35. The Morgan fingerprint density at radius 2 is 1.81 bits per heavy atom. The first-order chi connectivity index (χ1) is 7.32. The summed E-state index contributed by atoms with van der Waals surface area (Å²) in [4.78, 5) is 22.3. The molecule has 0 atom stereocenters. The van der Waals surface area contributed by atoms with Crippen molar-refractivity contribution in [1.29, 1.82) is 0 Å². The van der Waals surface area contributed by atoms with Crippen molar-refractivity contribution in [3.05, 3.63) is 0 Å². The van der Waals surface area contributed by atoms with Gasteiger partial charge in [0.15, 0.2) is 0 Å². The molecule has 0 bridgehead atoms. The number of hydrogen-bond acceptors (Lipinski definition) is 3. The summed E-state index contributed by atoms with van der Waals surface area (Å²) in [5, 5.41) is 0. The molecular weight excluding hydrogens is 227 g/mol. The van der Waals surface area contributed by atoms with Crippen molar-refractivity contribution in [2.45, 2.75) is 26.4 Å². The molecule has 0 aliphatic heterocycles. The molecule has 0 aromatic carbocycles. The SMILES string of the molecule is CCOC(=O)CCN(CC)C(=O)C(F)(F)F. The maximum atomic E-state index is 12.1. The average molecular weight is 241 g/mol. The van der Waals surface area contributed by atoms with E-state index in [2.05, 4.69) is 4.74 Å². The number of alkyl halides is 3. The first-order valence-corrected chi connectivity index (χ1v) is 4.84. The molecule has 0 rings (SSSR count). The van der Waals surface area contributed by atoms with Crippen molar-refractivity contribution in [3.8, 4) is 0 Å². The fourth-order valence-corrected chi connectivity index (χ4v) is 1.04. The highest BCUT2D eigenvalue weighted by molar-refractivity contribution is 5.82. The minimum atomic E-state index is -4.90. The molecule has 7 heteroatoms. The molecule has 0 aromatic rings. The molecule has 0 spiro atoms. The van der Waals surface area contributed by atoms with E-state index in [4.69, 9.17) is 0 Å². The van der Waals surface area contributed by atoms with Crippen LogP contribution in [0.1, 0.15) is 20.3 Å². The number of nitrogens with zero attached hydrogens (tertiary/aromatic N) is 1. The lowest BCUT2D eigenvalue weighted by molar-refractivity contribution is -0.185. The second-order valence-electron chi connectivity index (χ2n) is 2.94. The van der Waals surface area contributed by atoms with Crippen LogP contribution >= 0.6 is 0 Å². The summed E-state index contributed by atoms with van der Waals surface area (Å²) in [7, 11) is 0. The number of amides is 1. The average Bonchev–Trinajstić information content (AvgIpc) is 2.17. The van der Waals surface area contributed by atoms with E-state index in [-0.39, 0.29) is 26.1 Å². The summed E-state index contributed by atoms with van der Waals surface area (Å²) < 4.78 is 40.7. The molecule has 0 aliphatic carbocycles. The second-order valence-corrected chi connectivity index (χ2v) is 2.94. The largest absolute Gasteiger partial charge is 0.471 e. The molecule has 16 heavy (non-hydrogen) atoms. The Morgan fingerprint density at radius 1 is 1.25 bits per heavy atom. The Hall–Kier alpha value is -1.27. The fourth-order valence-electron chi connectivity index (χ4n) is 1.04. The summed E-state index contributed by atoms with van der Waals surface area (Å²) in [6, 6.07) is 0. The number of carbonyl (C=O) groups is 2. The van der Waals surface area contributed by atoms with Crippen molar-refractivity contribution in [1.82, 2.24) is 4.90 Å². The van der Waals surface area contributed by atoms with Crippen molar-refractivity contribution >= 4 is 11.9 Å². The summed E-state index contributed by atoms with van der Waals surface area (Å²) in [5.74, 6) is -2.55. The van der Waals surface area contributed by atoms with Gasteiger partial charge in [0.25, 0.3) is 0 Å². The van der Waals surface area contributed by atoms with E-state index in [0.29, 0.717) is 4.90 Å². The summed E-state index contributed by atoms with van der Waals surface area (Å²) >= 11 is 0. The van der Waals surface area contributed by atoms with Gasteiger partial charge >= 0.3 is 18.1 Å². The molecule has 0 saturated heterocycles. The van der Waals surface area contributed by atoms with Crippen LogP contribution in [0.2, 0.25) is 0 Å². The van der Waals surface area contributed by atoms with Crippen molar-refractivity contribution in [2.75, 3.05) is 19.7 Å². The van der Waals surface area contributed by atoms with E-state index < -0.39 is 18.1 Å². The highest BCUT2D eigenvalue weighted by Crippen LogP contribution is 2.18. The van der Waals surface area contributed by atoms with Crippen LogP contribution in [0.4, 0.5) is 13.2 Å². The smallest absolute Gasteiger partial charge is 0.466 e. The lowest BCUT2D eigenvalue weighted by atomic mass is 10.3. The fraction of sp³-hybridized carbons (Fsp3) is 0.778. The molecular formula is C9H14F3NO3. The van der Waals surface area contributed by atoms with Gasteiger partial charge in [-0.05, 0) is 13.8 Å². The van der Waals surface area contributed by atoms with Gasteiger partial charge in [-0.15, -0.1) is 0 Å². The van der Waals surface area contributed by atoms with Crippen LogP contribution < -0.4 is 0 Å². The topological polar surface area (TPSA) is 46.6 Å². The van der Waals surface area contributed by atoms with Gasteiger partial charge in [0.1, 0.15) is 0 Å². The minimum absolute atomic E-state index is 0.0995. The van der Waals surface area contributed by atoms with Crippen LogP contribution in [0.25, 0.3) is 0 Å². The maximum absolute atomic E-state index is 12.1. The molecule has 0 aromatic heterocycles. The molecule has 4 nitrogen and oxygen atoms in total. The van der Waals surface area contributed by atoms with Crippen LogP contribution in [0.3, 0.4) is 0 Å². The van der Waals surface area contributed by atoms with Gasteiger partial charge in [-0.1, -0.05) is 0 Å². The van der Waals surface area contributed by atoms with Crippen LogP contribution in [-0.4, -0.2) is 42.6 Å². The van der Waals surface area contributed by atoms with Crippen LogP contribution in [0, 0.1) is 0 Å². The van der Waals surface area contributed by atoms with Gasteiger partial charge in [-0.2, -0.15) is 13.2 Å². The van der Waals surface area contributed by atoms with E-state index in [9.17, 15) is 22.8 Å². The summed E-state index contributed by atoms with van der Waals surface area (Å²) in [5.41, 5.74) is 0. The normalized spacial score (nSPS) is 11.1. The molecule has 1 amide bonds. The Balaban J connectivity index is 4.21. The molecule has 94 valence electrons. The number of esters is 1. The Labute approximate surface area is 91.4 Å². The maximum Gasteiger partial charge on any atom is 0.471 e. The highest BCUT2D eigenvalue weighted by Gasteiger charge is 2.41. The van der Waals surface area contributed by atoms with Gasteiger partial charge in [-0.25, -0.2) is 0 Å². The number of hydrogen-bond donors (Lipinski definition) is 0. The van der Waals surface area contributed by atoms with Crippen LogP contribution in [0.5, 0.6) is 0 Å². The van der Waals surface area contributed by atoms with Gasteiger partial charge in [0.05, 0.1) is 13.0 Å². The molecule has 0 unspecified atom stereocenters. The van der Waals surface area contributed by atoms with E-state index in [1.807, 2.05) is 0 Å². The third-order valence-electron chi connectivity index (χ3n) is 1.80. The second kappa shape index (κ2) is 6.34. The molecule has 0 saturated carbocycles. The number of ether oxygens (including phenoxy) is 1. The molecule has 0 aliphatic rings. The lowest BCUT2D eigenvalue weighted by Gasteiger charge is -2.21. The predicted molar refractivity (Wildman–Crippen MR) is 49.6 cm³/mol. The van der Waals surface area contributed by atoms with E-state index in [1.165, 1.54) is 6.92 Å². The Kier molecular flexibility index (Phi) is 5.84. The molecule has 0 heterocycles. The van der Waals surface area contributed by atoms with Crippen molar-refractivity contribution in [3.63, 3.8) is 0 Å². The van der Waals surface area contributed by atoms with Gasteiger partial charge in [0.2, 0.25) is 0 Å². The monoisotopic (exact) mass is 241 g/mol. The van der Waals surface area contributed by atoms with Gasteiger partial charge in [-0.3, -0.25) is 9.59 Å². The number of halogens is 3. The number of carbonyl (C=O) groups excluding carboxylic acids is 2. The Morgan fingerprint density at radius 3 is 2.19 bits per heavy atom. The summed E-state index contributed by atoms with van der Waals surface area (Å²) in [6.45, 7) is 2.79. The number of rotatable bonds is 5. The zero-order valence-electron chi connectivity index (χ0n) is 9.13. The van der Waals surface area contributed by atoms with E-state index >= 15 is 0 Å². The lowest BCUT2D eigenvalue weighted by Crippen LogP contribution is -2.42. The van der Waals surface area contributed by atoms with Crippen molar-refractivity contribution in [2.24, 2.45) is 0 Å². The molecule has 0 radical (unpaired) electrons. The molecule has 0 N–H and O–H groups in total. The third-order valence-corrected chi connectivity index (χ3v) is 1.80. The first kappa shape index (κ1) is 14.7. The Bertz CT molecular complexity index is 253. The zero-order valence-corrected chi connectivity index (χ0v) is 9.13. The quantitative estimate of drug-likeness (QED) is 0.682. The van der Waals surface area contributed by atoms with Gasteiger partial charge < -0.3 is 9.64 Å². The zero-order chi connectivity index (χ0) is 12.8. The standard InChI is InChI=1S/C9H14F3NO3/c1-3-13(8(15)9(10,11)12)6-5-7(14)16-4-2/h3-6H2,1-2H3. The van der Waals surface area contributed by atoms with E-state index in [1.54, 1.807) is 6.92 Å². The third kappa shape index (κ3) is 4.99. The molecule has 0 fully saturated rings. The summed E-state index contributed by atoms with van der Waals surface area (Å²) in [6.07, 6.45) is -5.13. The van der Waals surface area contributed by atoms with E-state index in [0.717, 1.165) is 0 Å². The first-order valence-electron chi connectivity index (χ1n) is 4.84. The van der Waals surface area contributed by atoms with Crippen molar-refractivity contribution < 1.29 is 27.5 Å². The highest BCUT2D eigenvalue weighted by atomic mass is 19.4.